The van der Waals surface area contributed by atoms with E-state index in [4.69, 9.17) is 5.73 Å². The van der Waals surface area contributed by atoms with Crippen molar-refractivity contribution in [2.24, 2.45) is 22.5 Å². The third-order valence-electron chi connectivity index (χ3n) is 5.36. The minimum absolute atomic E-state index is 0.416. The maximum atomic E-state index is 6.11. The van der Waals surface area contributed by atoms with Crippen molar-refractivity contribution in [3.63, 3.8) is 0 Å². The Kier molecular flexibility index (Phi) is 3.86. The Balaban J connectivity index is 2.75. The lowest BCUT2D eigenvalue weighted by Gasteiger charge is -2.49. The third kappa shape index (κ3) is 2.55. The van der Waals surface area contributed by atoms with Crippen LogP contribution in [0.15, 0.2) is 0 Å². The molecule has 0 heterocycles. The lowest BCUT2D eigenvalue weighted by molar-refractivity contribution is 0.0124. The van der Waals surface area contributed by atoms with Crippen molar-refractivity contribution in [3.8, 4) is 0 Å². The van der Waals surface area contributed by atoms with Crippen LogP contribution in [0.4, 0.5) is 0 Å². The van der Waals surface area contributed by atoms with Crippen LogP contribution in [0.3, 0.4) is 0 Å². The molecule has 0 bridgehead atoms. The minimum atomic E-state index is 0.416. The molecule has 0 aromatic carbocycles. The first-order chi connectivity index (χ1) is 6.81. The second-order valence-electron chi connectivity index (χ2n) is 6.58. The van der Waals surface area contributed by atoms with Crippen molar-refractivity contribution in [3.05, 3.63) is 0 Å². The van der Waals surface area contributed by atoms with E-state index in [1.54, 1.807) is 0 Å². The Morgan fingerprint density at radius 2 is 1.73 bits per heavy atom. The van der Waals surface area contributed by atoms with E-state index in [2.05, 4.69) is 34.6 Å². The van der Waals surface area contributed by atoms with E-state index in [0.29, 0.717) is 16.9 Å². The highest BCUT2D eigenvalue weighted by Gasteiger charge is 2.42. The fourth-order valence-corrected chi connectivity index (χ4v) is 2.89. The summed E-state index contributed by atoms with van der Waals surface area (Å²) < 4.78 is 0. The lowest BCUT2D eigenvalue weighted by Crippen LogP contribution is -2.43. The highest BCUT2D eigenvalue weighted by atomic mass is 14.6. The summed E-state index contributed by atoms with van der Waals surface area (Å²) in [4.78, 5) is 0. The Bertz CT molecular complexity index is 205. The summed E-state index contributed by atoms with van der Waals surface area (Å²) in [5, 5.41) is 0. The molecule has 15 heavy (non-hydrogen) atoms. The van der Waals surface area contributed by atoms with Crippen molar-refractivity contribution < 1.29 is 0 Å². The highest BCUT2D eigenvalue weighted by molar-refractivity contribution is 4.93. The average molecular weight is 211 g/mol. The molecular weight excluding hydrogens is 182 g/mol. The van der Waals surface area contributed by atoms with Gasteiger partial charge in [0.25, 0.3) is 0 Å². The average Bonchev–Trinajstić information content (AvgIpc) is 2.17. The Morgan fingerprint density at radius 3 is 2.20 bits per heavy atom. The second-order valence-corrected chi connectivity index (χ2v) is 6.58. The number of nitrogens with two attached hydrogens (primary N) is 1. The summed E-state index contributed by atoms with van der Waals surface area (Å²) in [5.41, 5.74) is 6.95. The van der Waals surface area contributed by atoms with E-state index in [0.717, 1.165) is 5.92 Å². The maximum absolute atomic E-state index is 6.11. The highest BCUT2D eigenvalue weighted by Crippen LogP contribution is 2.50. The van der Waals surface area contributed by atoms with Crippen LogP contribution in [-0.2, 0) is 0 Å². The second kappa shape index (κ2) is 4.45. The molecule has 2 unspecified atom stereocenters. The molecule has 0 spiro atoms. The molecule has 90 valence electrons. The molecule has 1 nitrogen and oxygen atoms in total. The van der Waals surface area contributed by atoms with E-state index in [1.807, 2.05) is 0 Å². The maximum Gasteiger partial charge on any atom is 0.00416 e. The molecule has 0 aromatic heterocycles. The molecule has 2 N–H and O–H groups in total. The van der Waals surface area contributed by atoms with Gasteiger partial charge in [-0.05, 0) is 36.0 Å². The number of rotatable bonds is 3. The van der Waals surface area contributed by atoms with Gasteiger partial charge in [-0.15, -0.1) is 0 Å². The molecular formula is C14H29N. The van der Waals surface area contributed by atoms with Gasteiger partial charge in [0.2, 0.25) is 0 Å². The van der Waals surface area contributed by atoms with Gasteiger partial charge in [0.05, 0.1) is 0 Å². The fraction of sp³-hybridized carbons (Fsp3) is 1.00. The molecule has 0 radical (unpaired) electrons. The van der Waals surface area contributed by atoms with Gasteiger partial charge in [0.15, 0.2) is 0 Å². The van der Waals surface area contributed by atoms with E-state index in [1.165, 1.54) is 32.1 Å². The standard InChI is InChI=1S/C14H29N/c1-6-13(2,3)14(4,5)11-8-7-9-12(15)10-11/h11-12H,6-10,15H2,1-5H3. The topological polar surface area (TPSA) is 26.0 Å². The van der Waals surface area contributed by atoms with Crippen LogP contribution < -0.4 is 5.73 Å². The van der Waals surface area contributed by atoms with Crippen LogP contribution in [0.5, 0.6) is 0 Å². The zero-order valence-corrected chi connectivity index (χ0v) is 11.3. The fourth-order valence-electron chi connectivity index (χ4n) is 2.89. The van der Waals surface area contributed by atoms with Crippen LogP contribution in [0.2, 0.25) is 0 Å². The monoisotopic (exact) mass is 211 g/mol. The van der Waals surface area contributed by atoms with E-state index >= 15 is 0 Å². The summed E-state index contributed by atoms with van der Waals surface area (Å²) in [6.45, 7) is 12.0. The van der Waals surface area contributed by atoms with Gasteiger partial charge in [0, 0.05) is 6.04 Å². The quantitative estimate of drug-likeness (QED) is 0.751. The lowest BCUT2D eigenvalue weighted by atomic mass is 9.56. The van der Waals surface area contributed by atoms with Crippen LogP contribution in [0.25, 0.3) is 0 Å². The summed E-state index contributed by atoms with van der Waals surface area (Å²) in [5.74, 6) is 0.816. The van der Waals surface area contributed by atoms with Gasteiger partial charge in [-0.2, -0.15) is 0 Å². The molecule has 0 saturated heterocycles. The molecule has 0 aromatic rings. The molecule has 0 amide bonds. The van der Waals surface area contributed by atoms with Crippen molar-refractivity contribution in [2.75, 3.05) is 0 Å². The largest absolute Gasteiger partial charge is 0.328 e. The molecule has 1 aliphatic carbocycles. The van der Waals surface area contributed by atoms with Crippen molar-refractivity contribution in [1.29, 1.82) is 0 Å². The van der Waals surface area contributed by atoms with E-state index < -0.39 is 0 Å². The zero-order valence-electron chi connectivity index (χ0n) is 11.3. The van der Waals surface area contributed by atoms with Crippen molar-refractivity contribution >= 4 is 0 Å². The number of hydrogen-bond donors (Lipinski definition) is 1. The smallest absolute Gasteiger partial charge is 0.00416 e. The molecule has 1 fully saturated rings. The molecule has 1 saturated carbocycles. The molecule has 1 aliphatic rings. The summed E-state index contributed by atoms with van der Waals surface area (Å²) in [6.07, 6.45) is 6.43. The summed E-state index contributed by atoms with van der Waals surface area (Å²) in [7, 11) is 0. The first kappa shape index (κ1) is 13.0. The normalized spacial score (nSPS) is 29.2. The Morgan fingerprint density at radius 1 is 1.13 bits per heavy atom. The van der Waals surface area contributed by atoms with Gasteiger partial charge in [-0.1, -0.05) is 47.5 Å². The van der Waals surface area contributed by atoms with Gasteiger partial charge in [-0.3, -0.25) is 0 Å². The first-order valence-electron chi connectivity index (χ1n) is 6.57. The van der Waals surface area contributed by atoms with Gasteiger partial charge in [0.1, 0.15) is 0 Å². The Hall–Kier alpha value is -0.0400. The SMILES string of the molecule is CCC(C)(C)C(C)(C)C1CCCC(N)C1. The third-order valence-corrected chi connectivity index (χ3v) is 5.36. The zero-order chi connectivity index (χ0) is 11.7. The summed E-state index contributed by atoms with van der Waals surface area (Å²) >= 11 is 0. The van der Waals surface area contributed by atoms with Gasteiger partial charge < -0.3 is 5.73 Å². The predicted molar refractivity (Wildman–Crippen MR) is 67.8 cm³/mol. The predicted octanol–water partition coefficient (Wildman–Crippen LogP) is 3.97. The van der Waals surface area contributed by atoms with Crippen molar-refractivity contribution in [2.45, 2.75) is 72.8 Å². The molecule has 2 atom stereocenters. The van der Waals surface area contributed by atoms with Crippen molar-refractivity contribution in [1.82, 2.24) is 0 Å². The molecule has 0 aliphatic heterocycles. The van der Waals surface area contributed by atoms with E-state index in [9.17, 15) is 0 Å². The van der Waals surface area contributed by atoms with Crippen LogP contribution >= 0.6 is 0 Å². The van der Waals surface area contributed by atoms with Gasteiger partial charge in [-0.25, -0.2) is 0 Å². The minimum Gasteiger partial charge on any atom is -0.328 e. The Labute approximate surface area is 95.8 Å². The van der Waals surface area contributed by atoms with E-state index in [-0.39, 0.29) is 0 Å². The van der Waals surface area contributed by atoms with Gasteiger partial charge >= 0.3 is 0 Å². The first-order valence-corrected chi connectivity index (χ1v) is 6.57. The molecule has 1 heteroatoms. The molecule has 1 rings (SSSR count). The number of hydrogen-bond acceptors (Lipinski definition) is 1. The van der Waals surface area contributed by atoms with Crippen LogP contribution in [0.1, 0.15) is 66.7 Å². The summed E-state index contributed by atoms with van der Waals surface area (Å²) in [6, 6.07) is 0.454. The van der Waals surface area contributed by atoms with Crippen LogP contribution in [0, 0.1) is 16.7 Å². The van der Waals surface area contributed by atoms with Crippen LogP contribution in [-0.4, -0.2) is 6.04 Å².